The number of hydrogen-bond donors (Lipinski definition) is 1. The summed E-state index contributed by atoms with van der Waals surface area (Å²) < 4.78 is 37.3. The van der Waals surface area contributed by atoms with E-state index in [2.05, 4.69) is 0 Å². The van der Waals surface area contributed by atoms with Gasteiger partial charge < -0.3 is 5.73 Å². The van der Waals surface area contributed by atoms with Gasteiger partial charge in [-0.3, -0.25) is 4.90 Å². The third-order valence-corrected chi connectivity index (χ3v) is 5.82. The number of anilines is 1. The molecule has 0 aliphatic carbocycles. The molecule has 1 aromatic rings. The van der Waals surface area contributed by atoms with Crippen molar-refractivity contribution in [3.8, 4) is 0 Å². The first-order chi connectivity index (χ1) is 8.88. The van der Waals surface area contributed by atoms with Crippen LogP contribution in [0, 0.1) is 5.82 Å². The summed E-state index contributed by atoms with van der Waals surface area (Å²) in [6.45, 7) is 0.941. The molecular formula is C12H17FN2O2S2. The highest BCUT2D eigenvalue weighted by molar-refractivity contribution is 8.00. The van der Waals surface area contributed by atoms with Crippen LogP contribution in [0.5, 0.6) is 0 Å². The van der Waals surface area contributed by atoms with Gasteiger partial charge in [-0.15, -0.1) is 0 Å². The number of nitrogen functional groups attached to an aromatic ring is 1. The van der Waals surface area contributed by atoms with Crippen LogP contribution in [-0.4, -0.2) is 43.0 Å². The fraction of sp³-hybridized carbons (Fsp3) is 0.500. The Bertz CT molecular complexity index is 563. The van der Waals surface area contributed by atoms with E-state index in [9.17, 15) is 12.8 Å². The number of hydrogen-bond acceptors (Lipinski definition) is 5. The lowest BCUT2D eigenvalue weighted by Crippen LogP contribution is -2.46. The number of thioether (sulfide) groups is 1. The van der Waals surface area contributed by atoms with E-state index in [0.717, 1.165) is 5.75 Å². The summed E-state index contributed by atoms with van der Waals surface area (Å²) in [7, 11) is -3.16. The maximum Gasteiger partial charge on any atom is 0.164 e. The summed E-state index contributed by atoms with van der Waals surface area (Å²) in [5, 5.41) is -0.539. The number of benzene rings is 1. The second-order valence-electron chi connectivity index (χ2n) is 4.68. The standard InChI is InChI=1S/C12H17FN2O2S2/c1-19(16,17)12-8-18-5-4-15(12)7-9-2-3-10(14)6-11(9)13/h2-3,6,12H,4-5,7-8,14H2,1H3. The van der Waals surface area contributed by atoms with Gasteiger partial charge in [-0.1, -0.05) is 6.07 Å². The van der Waals surface area contributed by atoms with Crippen molar-refractivity contribution in [3.63, 3.8) is 0 Å². The van der Waals surface area contributed by atoms with E-state index in [1.54, 1.807) is 23.9 Å². The number of halogens is 1. The molecule has 1 unspecified atom stereocenters. The van der Waals surface area contributed by atoms with Gasteiger partial charge in [0.1, 0.15) is 11.2 Å². The van der Waals surface area contributed by atoms with Gasteiger partial charge in [0.05, 0.1) is 0 Å². The molecule has 1 aliphatic heterocycles. The Morgan fingerprint density at radius 2 is 2.26 bits per heavy atom. The minimum atomic E-state index is -3.16. The molecule has 1 heterocycles. The van der Waals surface area contributed by atoms with Crippen LogP contribution >= 0.6 is 11.8 Å². The third-order valence-electron chi connectivity index (χ3n) is 3.14. The lowest BCUT2D eigenvalue weighted by atomic mass is 10.2. The lowest BCUT2D eigenvalue weighted by Gasteiger charge is -2.34. The molecule has 0 aromatic heterocycles. The predicted octanol–water partition coefficient (Wildman–Crippen LogP) is 1.33. The zero-order valence-corrected chi connectivity index (χ0v) is 12.3. The summed E-state index contributed by atoms with van der Waals surface area (Å²) in [5.74, 6) is 1.02. The van der Waals surface area contributed by atoms with Gasteiger partial charge in [0.15, 0.2) is 9.84 Å². The largest absolute Gasteiger partial charge is 0.399 e. The SMILES string of the molecule is CS(=O)(=O)C1CSCCN1Cc1ccc(N)cc1F. The van der Waals surface area contributed by atoms with Crippen LogP contribution in [0.4, 0.5) is 10.1 Å². The van der Waals surface area contributed by atoms with E-state index in [0.29, 0.717) is 30.1 Å². The van der Waals surface area contributed by atoms with Crippen molar-refractivity contribution in [2.24, 2.45) is 0 Å². The van der Waals surface area contributed by atoms with Crippen LogP contribution < -0.4 is 5.73 Å². The fourth-order valence-corrected chi connectivity index (χ4v) is 5.04. The zero-order chi connectivity index (χ0) is 14.0. The lowest BCUT2D eigenvalue weighted by molar-refractivity contribution is 0.258. The first kappa shape index (κ1) is 14.6. The Morgan fingerprint density at radius 3 is 2.89 bits per heavy atom. The van der Waals surface area contributed by atoms with Crippen molar-refractivity contribution >= 4 is 27.3 Å². The second-order valence-corrected chi connectivity index (χ2v) is 8.03. The van der Waals surface area contributed by atoms with Crippen LogP contribution in [0.1, 0.15) is 5.56 Å². The minimum Gasteiger partial charge on any atom is -0.399 e. The monoisotopic (exact) mass is 304 g/mol. The smallest absolute Gasteiger partial charge is 0.164 e. The fourth-order valence-electron chi connectivity index (χ4n) is 2.10. The van der Waals surface area contributed by atoms with Gasteiger partial charge in [-0.05, 0) is 12.1 Å². The van der Waals surface area contributed by atoms with Gasteiger partial charge in [0, 0.05) is 42.1 Å². The van der Waals surface area contributed by atoms with Crippen LogP contribution in [-0.2, 0) is 16.4 Å². The molecule has 1 fully saturated rings. The summed E-state index contributed by atoms with van der Waals surface area (Å²) in [4.78, 5) is 1.82. The highest BCUT2D eigenvalue weighted by atomic mass is 32.2. The van der Waals surface area contributed by atoms with E-state index in [4.69, 9.17) is 5.73 Å². The molecule has 2 rings (SSSR count). The van der Waals surface area contributed by atoms with Crippen molar-refractivity contribution in [3.05, 3.63) is 29.6 Å². The molecular weight excluding hydrogens is 287 g/mol. The van der Waals surface area contributed by atoms with E-state index >= 15 is 0 Å². The molecule has 4 nitrogen and oxygen atoms in total. The Hall–Kier alpha value is -0.790. The van der Waals surface area contributed by atoms with E-state index in [1.807, 2.05) is 4.90 Å². The molecule has 1 aliphatic rings. The molecule has 0 radical (unpaired) electrons. The molecule has 0 spiro atoms. The number of rotatable bonds is 3. The van der Waals surface area contributed by atoms with Gasteiger partial charge in [-0.25, -0.2) is 12.8 Å². The Kier molecular flexibility index (Phi) is 4.37. The molecule has 0 saturated carbocycles. The molecule has 0 amide bonds. The molecule has 2 N–H and O–H groups in total. The van der Waals surface area contributed by atoms with Crippen LogP contribution in [0.2, 0.25) is 0 Å². The molecule has 106 valence electrons. The van der Waals surface area contributed by atoms with Crippen molar-refractivity contribution in [1.82, 2.24) is 4.90 Å². The van der Waals surface area contributed by atoms with E-state index < -0.39 is 15.2 Å². The van der Waals surface area contributed by atoms with E-state index in [-0.39, 0.29) is 5.82 Å². The first-order valence-electron chi connectivity index (χ1n) is 5.92. The third kappa shape index (κ3) is 3.61. The van der Waals surface area contributed by atoms with Crippen molar-refractivity contribution in [1.29, 1.82) is 0 Å². The van der Waals surface area contributed by atoms with Crippen LogP contribution in [0.25, 0.3) is 0 Å². The zero-order valence-electron chi connectivity index (χ0n) is 10.7. The molecule has 0 bridgehead atoms. The van der Waals surface area contributed by atoms with Crippen LogP contribution in [0.3, 0.4) is 0 Å². The molecule has 1 saturated heterocycles. The summed E-state index contributed by atoms with van der Waals surface area (Å²) in [5.41, 5.74) is 6.36. The normalized spacial score (nSPS) is 21.5. The number of sulfone groups is 1. The van der Waals surface area contributed by atoms with E-state index in [1.165, 1.54) is 12.3 Å². The van der Waals surface area contributed by atoms with Crippen molar-refractivity contribution < 1.29 is 12.8 Å². The maximum atomic E-state index is 13.8. The molecule has 7 heteroatoms. The Morgan fingerprint density at radius 1 is 1.53 bits per heavy atom. The maximum absolute atomic E-state index is 13.8. The number of nitrogens with two attached hydrogens (primary N) is 1. The van der Waals surface area contributed by atoms with Crippen molar-refractivity contribution in [2.75, 3.05) is 30.0 Å². The number of nitrogens with zero attached hydrogens (tertiary/aromatic N) is 1. The van der Waals surface area contributed by atoms with Gasteiger partial charge in [0.25, 0.3) is 0 Å². The highest BCUT2D eigenvalue weighted by Crippen LogP contribution is 2.23. The minimum absolute atomic E-state index is 0.296. The van der Waals surface area contributed by atoms with Crippen LogP contribution in [0.15, 0.2) is 18.2 Å². The summed E-state index contributed by atoms with van der Waals surface area (Å²) in [6, 6.07) is 4.52. The first-order valence-corrected chi connectivity index (χ1v) is 9.03. The summed E-state index contributed by atoms with van der Waals surface area (Å²) >= 11 is 1.62. The van der Waals surface area contributed by atoms with Gasteiger partial charge >= 0.3 is 0 Å². The predicted molar refractivity (Wildman–Crippen MR) is 77.2 cm³/mol. The van der Waals surface area contributed by atoms with Gasteiger partial charge in [0.2, 0.25) is 0 Å². The van der Waals surface area contributed by atoms with Crippen molar-refractivity contribution in [2.45, 2.75) is 11.9 Å². The average Bonchev–Trinajstić information content (AvgIpc) is 2.32. The highest BCUT2D eigenvalue weighted by Gasteiger charge is 2.31. The molecule has 1 atom stereocenters. The van der Waals surface area contributed by atoms with Gasteiger partial charge in [-0.2, -0.15) is 11.8 Å². The second kappa shape index (κ2) is 5.68. The summed E-state index contributed by atoms with van der Waals surface area (Å²) in [6.07, 6.45) is 1.23. The topological polar surface area (TPSA) is 63.4 Å². The average molecular weight is 304 g/mol. The molecule has 19 heavy (non-hydrogen) atoms. The Balaban J connectivity index is 2.20. The Labute approximate surface area is 117 Å². The molecule has 1 aromatic carbocycles. The quantitative estimate of drug-likeness (QED) is 0.854.